The molecule has 2 N–H and O–H groups in total. The van der Waals surface area contributed by atoms with Crippen LogP contribution in [0.3, 0.4) is 0 Å². The summed E-state index contributed by atoms with van der Waals surface area (Å²) >= 11 is 0. The number of amides is 1. The fourth-order valence-corrected chi connectivity index (χ4v) is 14.0. The summed E-state index contributed by atoms with van der Waals surface area (Å²) in [7, 11) is 0.219. The van der Waals surface area contributed by atoms with Gasteiger partial charge in [-0.15, -0.1) is 0 Å². The van der Waals surface area contributed by atoms with Crippen molar-refractivity contribution in [3.63, 3.8) is 0 Å². The van der Waals surface area contributed by atoms with E-state index in [1.165, 1.54) is 4.90 Å². The highest BCUT2D eigenvalue weighted by atomic mass is 28.4. The number of hydrogen-bond donors (Lipinski definition) is 2. The normalized spacial score (nSPS) is 34.4. The Morgan fingerprint density at radius 2 is 1.57 bits per heavy atom. The van der Waals surface area contributed by atoms with Crippen molar-refractivity contribution in [1.82, 2.24) is 4.90 Å². The molecule has 2 bridgehead atoms. The number of benzene rings is 1. The number of cyclic esters (lactones) is 1. The van der Waals surface area contributed by atoms with Crippen LogP contribution in [0.5, 0.6) is 0 Å². The molecule has 4 fully saturated rings. The largest absolute Gasteiger partial charge is 0.493 e. The first kappa shape index (κ1) is 68.7. The number of rotatable bonds is 11. The van der Waals surface area contributed by atoms with E-state index in [4.69, 9.17) is 37.4 Å². The van der Waals surface area contributed by atoms with Crippen molar-refractivity contribution in [3.8, 4) is 0 Å². The van der Waals surface area contributed by atoms with Gasteiger partial charge in [0, 0.05) is 64.6 Å². The molecule has 466 valence electrons. The van der Waals surface area contributed by atoms with Crippen LogP contribution in [0.4, 0.5) is 0 Å². The lowest BCUT2D eigenvalue weighted by molar-refractivity contribution is -0.265. The van der Waals surface area contributed by atoms with Gasteiger partial charge >= 0.3 is 19.1 Å². The van der Waals surface area contributed by atoms with Gasteiger partial charge in [-0.2, -0.15) is 0 Å². The van der Waals surface area contributed by atoms with Crippen molar-refractivity contribution in [3.05, 3.63) is 77.9 Å². The van der Waals surface area contributed by atoms with Gasteiger partial charge in [0.2, 0.25) is 5.79 Å². The van der Waals surface area contributed by atoms with Crippen molar-refractivity contribution < 1.29 is 76.4 Å². The van der Waals surface area contributed by atoms with Crippen molar-refractivity contribution in [2.24, 2.45) is 46.8 Å². The topological polar surface area (TPSA) is 220 Å². The predicted molar refractivity (Wildman–Crippen MR) is 323 cm³/mol. The van der Waals surface area contributed by atoms with Crippen LogP contribution in [-0.4, -0.2) is 155 Å². The number of fused-ring (bicyclic) bond motifs is 3. The Kier molecular flexibility index (Phi) is 25.3. The molecule has 19 heteroatoms. The zero-order valence-corrected chi connectivity index (χ0v) is 53.4. The van der Waals surface area contributed by atoms with Gasteiger partial charge in [0.25, 0.3) is 11.7 Å². The number of ether oxygens (including phenoxy) is 5. The first-order valence-electron chi connectivity index (χ1n) is 30.8. The average Bonchev–Trinajstić information content (AvgIpc) is 1.82. The third-order valence-electron chi connectivity index (χ3n) is 18.0. The van der Waals surface area contributed by atoms with Crippen molar-refractivity contribution >= 4 is 56.1 Å². The molecule has 1 saturated carbocycles. The molecule has 6 rings (SSSR count). The van der Waals surface area contributed by atoms with Crippen LogP contribution in [0.1, 0.15) is 132 Å². The first-order valence-corrected chi connectivity index (χ1v) is 34.2. The first-order chi connectivity index (χ1) is 39.7. The maximum Gasteiger partial charge on any atom is 0.493 e. The second-order valence-corrected chi connectivity index (χ2v) is 30.7. The molecule has 0 radical (unpaired) electrons. The van der Waals surface area contributed by atoms with Gasteiger partial charge < -0.3 is 52.5 Å². The van der Waals surface area contributed by atoms with Crippen LogP contribution in [0.25, 0.3) is 0 Å². The van der Waals surface area contributed by atoms with Crippen LogP contribution in [-0.2, 0) is 66.2 Å². The number of piperidine rings is 1. The number of carbonyl (C=O) groups excluding carboxylic acids is 6. The van der Waals surface area contributed by atoms with Gasteiger partial charge in [0.1, 0.15) is 29.4 Å². The van der Waals surface area contributed by atoms with Crippen LogP contribution in [0.15, 0.2) is 77.9 Å². The third kappa shape index (κ3) is 18.1. The zero-order chi connectivity index (χ0) is 61.7. The van der Waals surface area contributed by atoms with Crippen LogP contribution in [0.2, 0.25) is 19.6 Å². The molecule has 17 nitrogen and oxygen atoms in total. The van der Waals surface area contributed by atoms with E-state index in [9.17, 15) is 39.0 Å². The van der Waals surface area contributed by atoms with Crippen LogP contribution >= 0.6 is 0 Å². The third-order valence-corrected chi connectivity index (χ3v) is 19.0. The van der Waals surface area contributed by atoms with Gasteiger partial charge in [-0.25, -0.2) is 4.79 Å². The van der Waals surface area contributed by atoms with Gasteiger partial charge in [-0.1, -0.05) is 101 Å². The van der Waals surface area contributed by atoms with Crippen molar-refractivity contribution in [2.75, 3.05) is 40.6 Å². The van der Waals surface area contributed by atoms with Crippen molar-refractivity contribution in [1.29, 1.82) is 0 Å². The Labute approximate surface area is 501 Å². The molecule has 15 atom stereocenters. The summed E-state index contributed by atoms with van der Waals surface area (Å²) in [5, 5.41) is 23.1. The monoisotopic (exact) mass is 1190 g/mol. The number of aliphatic hydroxyl groups is 2. The van der Waals surface area contributed by atoms with Gasteiger partial charge in [-0.3, -0.25) is 24.0 Å². The number of methoxy groups -OCH3 is 2. The fraction of sp³-hybridized carbons (Fsp3) is 0.692. The summed E-state index contributed by atoms with van der Waals surface area (Å²) < 4.78 is 49.5. The highest BCUT2D eigenvalue weighted by Gasteiger charge is 2.53. The Morgan fingerprint density at radius 1 is 0.869 bits per heavy atom. The summed E-state index contributed by atoms with van der Waals surface area (Å²) in [4.78, 5) is 88.0. The minimum atomic E-state index is -2.46. The minimum absolute atomic E-state index is 0.000683. The molecule has 1 aromatic rings. The molecule has 4 aliphatic heterocycles. The number of hydrogen-bond acceptors (Lipinski definition) is 16. The lowest BCUT2D eigenvalue weighted by Crippen LogP contribution is -2.61. The molecule has 0 aromatic heterocycles. The Hall–Kier alpha value is -4.44. The number of aliphatic hydroxyl groups excluding tert-OH is 1. The second kappa shape index (κ2) is 31.0. The highest BCUT2D eigenvalue weighted by Crippen LogP contribution is 2.39. The Bertz CT molecular complexity index is 2520. The number of esters is 2. The van der Waals surface area contributed by atoms with Crippen LogP contribution < -0.4 is 5.46 Å². The number of nitrogens with zero attached hydrogens (tertiary/aromatic N) is 1. The van der Waals surface area contributed by atoms with E-state index >= 15 is 0 Å². The lowest BCUT2D eigenvalue weighted by atomic mass is 9.75. The standard InChI is InChI=1S/C65H98BNO16Si/c1-41-22-16-14-17-23-42(2)55(76-9)36-50-29-27-47(7)65(75,82-50)60(71)61(72)67-31-21-20-26-52(67)62(73)80-56(37-53(69)43(3)33-46(6)59(83-84(11,12)13)51(38-68)58(70)45(5)32-41)44(4)34-48-28-30-54(57(35-48)77-10)81-63(74)64(8)39-78-66(79-40-64)49-24-18-15-19-25-49/h14-19,22-25,33,41,44-48,50-52,54-57,59,68,75H,20-21,26-32,34-40H2,1-13H3/b17-14?,22-16?,42-23?,43-33+. The molecule has 84 heavy (non-hydrogen) atoms. The SMILES string of the molecule is COC1CC2CCC(C)C(O)(O2)C(=O)C(=O)N2CCCCC2C(=O)OC(C(C)CC2CCC(OC(=O)C3(C)COB(c4ccccc4)OC3)C(OC)C2)CC(=O)/C(C)=C/C(C)C(O[Si](C)(C)C)C(CO)C(=O)C(C)CC(C)C=CC=CC=C1C. The smallest absolute Gasteiger partial charge is 0.460 e. The summed E-state index contributed by atoms with van der Waals surface area (Å²) in [6, 6.07) is 8.34. The highest BCUT2D eigenvalue weighted by molar-refractivity contribution is 6.69. The molecule has 1 aromatic carbocycles. The van der Waals surface area contributed by atoms with Gasteiger partial charge in [-0.05, 0) is 139 Å². The van der Waals surface area contributed by atoms with E-state index in [1.54, 1.807) is 41.1 Å². The van der Waals surface area contributed by atoms with E-state index < -0.39 is 129 Å². The minimum Gasteiger partial charge on any atom is -0.460 e. The van der Waals surface area contributed by atoms with Gasteiger partial charge in [0.05, 0.1) is 36.9 Å². The zero-order valence-electron chi connectivity index (χ0n) is 52.4. The predicted octanol–water partition coefficient (Wildman–Crippen LogP) is 8.63. The van der Waals surface area contributed by atoms with E-state index in [1.807, 2.05) is 115 Å². The molecular formula is C65H98BNO16Si. The Morgan fingerprint density at radius 3 is 2.23 bits per heavy atom. The van der Waals surface area contributed by atoms with E-state index in [2.05, 4.69) is 0 Å². The maximum atomic E-state index is 14.8. The fourth-order valence-electron chi connectivity index (χ4n) is 12.8. The molecule has 4 heterocycles. The lowest BCUT2D eigenvalue weighted by Gasteiger charge is -2.42. The molecule has 15 unspecified atom stereocenters. The number of carbonyl (C=O) groups is 6. The molecule has 5 aliphatic rings. The van der Waals surface area contributed by atoms with E-state index in [-0.39, 0.29) is 56.0 Å². The number of Topliss-reactive ketones (excluding diaryl/α,β-unsaturated/α-hetero) is 3. The maximum absolute atomic E-state index is 14.8. The van der Waals surface area contributed by atoms with Crippen molar-refractivity contribution in [2.45, 2.75) is 201 Å². The molecule has 3 saturated heterocycles. The average molecular weight is 1190 g/mol. The quantitative estimate of drug-likeness (QED) is 0.120. The molecule has 1 aliphatic carbocycles. The van der Waals surface area contributed by atoms with E-state index in [0.717, 1.165) is 11.0 Å². The number of allylic oxidation sites excluding steroid dienone is 6. The molecule has 0 spiro atoms. The van der Waals surface area contributed by atoms with Crippen LogP contribution in [0, 0.1) is 46.8 Å². The van der Waals surface area contributed by atoms with E-state index in [0.29, 0.717) is 69.8 Å². The summed E-state index contributed by atoms with van der Waals surface area (Å²) in [5.41, 5.74) is 1.06. The molecular weight excluding hydrogens is 1090 g/mol. The molecule has 1 amide bonds. The summed E-state index contributed by atoms with van der Waals surface area (Å²) in [5.74, 6) is -9.23. The summed E-state index contributed by atoms with van der Waals surface area (Å²) in [6.07, 6.45) is 12.5. The number of ketones is 3. The second-order valence-electron chi connectivity index (χ2n) is 26.2. The van der Waals surface area contributed by atoms with Gasteiger partial charge in [0.15, 0.2) is 14.1 Å². The Balaban J connectivity index is 1.28. The summed E-state index contributed by atoms with van der Waals surface area (Å²) in [6.45, 7) is 20.7.